The number of halogens is 3. The molecule has 0 fully saturated rings. The zero-order chi connectivity index (χ0) is 26.2. The molecule has 1 unspecified atom stereocenters. The molecule has 0 N–H and O–H groups in total. The van der Waals surface area contributed by atoms with E-state index in [2.05, 4.69) is 13.0 Å². The molecule has 0 bridgehead atoms. The van der Waals surface area contributed by atoms with Gasteiger partial charge in [-0.05, 0) is 78.6 Å². The second-order valence-electron chi connectivity index (χ2n) is 9.68. The van der Waals surface area contributed by atoms with E-state index in [1.54, 1.807) is 37.3 Å². The third kappa shape index (κ3) is 6.76. The lowest BCUT2D eigenvalue weighted by Crippen LogP contribution is -2.11. The lowest BCUT2D eigenvalue weighted by Gasteiger charge is -2.22. The van der Waals surface area contributed by atoms with E-state index < -0.39 is 17.5 Å². The van der Waals surface area contributed by atoms with Gasteiger partial charge in [0.15, 0.2) is 23.1 Å². The Balaban J connectivity index is 1.38. The predicted molar refractivity (Wildman–Crippen MR) is 143 cm³/mol. The molecule has 0 spiro atoms. The largest absolute Gasteiger partial charge is 0.491 e. The Kier molecular flexibility index (Phi) is 9.32. The highest BCUT2D eigenvalue weighted by Gasteiger charge is 2.17. The minimum atomic E-state index is -1.00. The van der Waals surface area contributed by atoms with Crippen molar-refractivity contribution >= 4 is 0 Å². The van der Waals surface area contributed by atoms with Crippen LogP contribution in [-0.4, -0.2) is 13.2 Å². The maximum Gasteiger partial charge on any atom is 0.201 e. The van der Waals surface area contributed by atoms with Crippen LogP contribution in [-0.2, 0) is 0 Å². The predicted octanol–water partition coefficient (Wildman–Crippen LogP) is 9.52. The molecular weight excluding hydrogens is 473 g/mol. The van der Waals surface area contributed by atoms with Gasteiger partial charge in [-0.1, -0.05) is 69.0 Å². The summed E-state index contributed by atoms with van der Waals surface area (Å²) in [6.07, 6.45) is 10.7. The molecule has 37 heavy (non-hydrogen) atoms. The highest BCUT2D eigenvalue weighted by molar-refractivity contribution is 5.71. The molecule has 0 radical (unpaired) electrons. The summed E-state index contributed by atoms with van der Waals surface area (Å²) in [6, 6.07) is 14.8. The molecular formula is C32H35F3O2. The van der Waals surface area contributed by atoms with Crippen LogP contribution in [0.15, 0.2) is 66.2 Å². The summed E-state index contributed by atoms with van der Waals surface area (Å²) in [5.74, 6) is -1.48. The molecule has 196 valence electrons. The van der Waals surface area contributed by atoms with Crippen LogP contribution in [0.25, 0.3) is 22.3 Å². The molecule has 1 aliphatic carbocycles. The molecule has 0 aromatic heterocycles. The Morgan fingerprint density at radius 1 is 0.784 bits per heavy atom. The number of hydrogen-bond donors (Lipinski definition) is 0. The number of allylic oxidation sites excluding steroid dienone is 1. The summed E-state index contributed by atoms with van der Waals surface area (Å²) < 4.78 is 54.6. The number of ether oxygens (including phenoxy) is 2. The van der Waals surface area contributed by atoms with Gasteiger partial charge in [0, 0.05) is 5.56 Å². The van der Waals surface area contributed by atoms with E-state index in [4.69, 9.17) is 9.47 Å². The van der Waals surface area contributed by atoms with Crippen molar-refractivity contribution in [2.24, 2.45) is 5.92 Å². The van der Waals surface area contributed by atoms with E-state index in [1.165, 1.54) is 55.9 Å². The lowest BCUT2D eigenvalue weighted by molar-refractivity contribution is 0.314. The Hall–Kier alpha value is -3.21. The van der Waals surface area contributed by atoms with Crippen LogP contribution in [0.5, 0.6) is 11.5 Å². The first-order valence-electron chi connectivity index (χ1n) is 13.3. The van der Waals surface area contributed by atoms with Gasteiger partial charge in [0.25, 0.3) is 0 Å². The van der Waals surface area contributed by atoms with Crippen LogP contribution in [0.2, 0.25) is 0 Å². The standard InChI is InChI=1S/C32H35F3O2/c1-3-5-6-7-22-8-10-23(11-9-22)21-37-29-18-16-26(20-28(29)33)24-12-14-25(15-13-24)27-17-19-30(36-4-2)32(35)31(27)34/h10,12-20,22H,3-9,11,21H2,1-2H3. The van der Waals surface area contributed by atoms with Crippen molar-refractivity contribution in [3.8, 4) is 33.8 Å². The molecule has 3 aromatic carbocycles. The topological polar surface area (TPSA) is 18.5 Å². The zero-order valence-corrected chi connectivity index (χ0v) is 21.7. The molecule has 0 saturated heterocycles. The third-order valence-electron chi connectivity index (χ3n) is 7.05. The minimum absolute atomic E-state index is 0.107. The third-order valence-corrected chi connectivity index (χ3v) is 7.05. The van der Waals surface area contributed by atoms with E-state index in [-0.39, 0.29) is 23.7 Å². The summed E-state index contributed by atoms with van der Waals surface area (Å²) in [5.41, 5.74) is 3.36. The quantitative estimate of drug-likeness (QED) is 0.190. The monoisotopic (exact) mass is 508 g/mol. The van der Waals surface area contributed by atoms with Crippen LogP contribution in [0, 0.1) is 23.4 Å². The molecule has 3 aromatic rings. The zero-order valence-electron chi connectivity index (χ0n) is 21.7. The van der Waals surface area contributed by atoms with Gasteiger partial charge in [0.2, 0.25) is 5.82 Å². The smallest absolute Gasteiger partial charge is 0.201 e. The van der Waals surface area contributed by atoms with Gasteiger partial charge in [-0.2, -0.15) is 4.39 Å². The van der Waals surface area contributed by atoms with Gasteiger partial charge in [-0.25, -0.2) is 8.78 Å². The van der Waals surface area contributed by atoms with Crippen molar-refractivity contribution in [2.75, 3.05) is 13.2 Å². The fraction of sp³-hybridized carbons (Fsp3) is 0.375. The van der Waals surface area contributed by atoms with Gasteiger partial charge < -0.3 is 9.47 Å². The molecule has 5 heteroatoms. The Labute approximate surface area is 218 Å². The van der Waals surface area contributed by atoms with Crippen LogP contribution in [0.3, 0.4) is 0 Å². The van der Waals surface area contributed by atoms with Gasteiger partial charge in [0.1, 0.15) is 6.61 Å². The van der Waals surface area contributed by atoms with E-state index in [0.29, 0.717) is 17.7 Å². The first-order valence-corrected chi connectivity index (χ1v) is 13.3. The van der Waals surface area contributed by atoms with Crippen molar-refractivity contribution in [3.05, 3.63) is 83.7 Å². The van der Waals surface area contributed by atoms with E-state index in [1.807, 2.05) is 6.07 Å². The van der Waals surface area contributed by atoms with E-state index >= 15 is 0 Å². The summed E-state index contributed by atoms with van der Waals surface area (Å²) in [7, 11) is 0. The molecule has 0 saturated carbocycles. The van der Waals surface area contributed by atoms with Crippen molar-refractivity contribution in [1.29, 1.82) is 0 Å². The fourth-order valence-corrected chi connectivity index (χ4v) is 4.85. The fourth-order valence-electron chi connectivity index (χ4n) is 4.85. The van der Waals surface area contributed by atoms with E-state index in [9.17, 15) is 13.2 Å². The van der Waals surface area contributed by atoms with Gasteiger partial charge >= 0.3 is 0 Å². The highest BCUT2D eigenvalue weighted by Crippen LogP contribution is 2.33. The van der Waals surface area contributed by atoms with Crippen molar-refractivity contribution in [2.45, 2.75) is 58.8 Å². The molecule has 4 rings (SSSR count). The summed E-state index contributed by atoms with van der Waals surface area (Å²) in [6.45, 7) is 4.61. The molecule has 0 amide bonds. The van der Waals surface area contributed by atoms with Crippen LogP contribution in [0.4, 0.5) is 13.2 Å². The number of benzene rings is 3. The van der Waals surface area contributed by atoms with E-state index in [0.717, 1.165) is 24.3 Å². The molecule has 1 atom stereocenters. The maximum absolute atomic E-state index is 14.8. The van der Waals surface area contributed by atoms with Gasteiger partial charge in [-0.15, -0.1) is 0 Å². The van der Waals surface area contributed by atoms with Crippen molar-refractivity contribution in [3.63, 3.8) is 0 Å². The second-order valence-corrected chi connectivity index (χ2v) is 9.68. The first-order chi connectivity index (χ1) is 18.0. The number of unbranched alkanes of at least 4 members (excludes halogenated alkanes) is 2. The highest BCUT2D eigenvalue weighted by atomic mass is 19.2. The lowest BCUT2D eigenvalue weighted by atomic mass is 9.86. The maximum atomic E-state index is 14.8. The molecule has 2 nitrogen and oxygen atoms in total. The van der Waals surface area contributed by atoms with Gasteiger partial charge in [0.05, 0.1) is 6.61 Å². The van der Waals surface area contributed by atoms with Crippen LogP contribution >= 0.6 is 0 Å². The average Bonchev–Trinajstić information content (AvgIpc) is 2.92. The summed E-state index contributed by atoms with van der Waals surface area (Å²) in [4.78, 5) is 0. The molecule has 0 heterocycles. The molecule has 0 aliphatic heterocycles. The summed E-state index contributed by atoms with van der Waals surface area (Å²) >= 11 is 0. The summed E-state index contributed by atoms with van der Waals surface area (Å²) in [5, 5.41) is 0. The minimum Gasteiger partial charge on any atom is -0.491 e. The van der Waals surface area contributed by atoms with Crippen molar-refractivity contribution in [1.82, 2.24) is 0 Å². The number of hydrogen-bond acceptors (Lipinski definition) is 2. The Bertz CT molecular complexity index is 1220. The van der Waals surface area contributed by atoms with Gasteiger partial charge in [-0.3, -0.25) is 0 Å². The Morgan fingerprint density at radius 3 is 2.19 bits per heavy atom. The SMILES string of the molecule is CCCCCC1CC=C(COc2ccc(-c3ccc(-c4ccc(OCC)c(F)c4F)cc3)cc2F)CC1. The molecule has 1 aliphatic rings. The Morgan fingerprint density at radius 2 is 1.51 bits per heavy atom. The van der Waals surface area contributed by atoms with Crippen molar-refractivity contribution < 1.29 is 22.6 Å². The van der Waals surface area contributed by atoms with Crippen LogP contribution < -0.4 is 9.47 Å². The average molecular weight is 509 g/mol. The first kappa shape index (κ1) is 26.8. The second kappa shape index (κ2) is 12.8. The number of rotatable bonds is 11. The van der Waals surface area contributed by atoms with Crippen LogP contribution in [0.1, 0.15) is 58.8 Å². The normalized spacial score (nSPS) is 15.4.